The van der Waals surface area contributed by atoms with E-state index in [1.54, 1.807) is 4.57 Å². The van der Waals surface area contributed by atoms with Crippen molar-refractivity contribution in [2.24, 2.45) is 0 Å². The zero-order valence-corrected chi connectivity index (χ0v) is 11.6. The van der Waals surface area contributed by atoms with E-state index in [1.807, 2.05) is 6.92 Å². The third-order valence-electron chi connectivity index (χ3n) is 2.86. The van der Waals surface area contributed by atoms with Gasteiger partial charge >= 0.3 is 0 Å². The summed E-state index contributed by atoms with van der Waals surface area (Å²) in [7, 11) is 1.51. The number of anilines is 1. The maximum Gasteiger partial charge on any atom is 0.245 e. The number of ether oxygens (including phenoxy) is 1. The summed E-state index contributed by atoms with van der Waals surface area (Å²) in [6.07, 6.45) is 2.62. The first-order valence-corrected chi connectivity index (χ1v) is 6.44. The molecule has 0 radical (unpaired) electrons. The summed E-state index contributed by atoms with van der Waals surface area (Å²) >= 11 is 0. The predicted octanol–water partition coefficient (Wildman–Crippen LogP) is 0.333. The molecular formula is C12H18N6O2. The Labute approximate surface area is 116 Å². The molecule has 0 bridgehead atoms. The van der Waals surface area contributed by atoms with Crippen molar-refractivity contribution in [3.8, 4) is 5.88 Å². The Bertz CT molecular complexity index is 609. The van der Waals surface area contributed by atoms with Gasteiger partial charge < -0.3 is 15.8 Å². The molecule has 2 heterocycles. The summed E-state index contributed by atoms with van der Waals surface area (Å²) in [4.78, 5) is 23.9. The molecule has 2 aromatic heterocycles. The molecule has 8 heteroatoms. The fourth-order valence-electron chi connectivity index (χ4n) is 1.87. The number of aryl methyl sites for hydroxylation is 1. The van der Waals surface area contributed by atoms with Gasteiger partial charge in [-0.05, 0) is 6.42 Å². The Balaban J connectivity index is 2.18. The summed E-state index contributed by atoms with van der Waals surface area (Å²) in [6.45, 7) is 3.10. The average molecular weight is 278 g/mol. The largest absolute Gasteiger partial charge is 0.479 e. The van der Waals surface area contributed by atoms with Crippen LogP contribution in [-0.4, -0.2) is 39.1 Å². The van der Waals surface area contributed by atoms with Gasteiger partial charge in [0.05, 0.1) is 7.11 Å². The molecule has 0 aliphatic rings. The highest BCUT2D eigenvalue weighted by atomic mass is 16.5. The van der Waals surface area contributed by atoms with Gasteiger partial charge in [-0.15, -0.1) is 0 Å². The molecule has 8 nitrogen and oxygen atoms in total. The number of aromatic nitrogens is 4. The van der Waals surface area contributed by atoms with Crippen LogP contribution in [0, 0.1) is 0 Å². The molecule has 3 N–H and O–H groups in total. The maximum absolute atomic E-state index is 11.6. The molecule has 2 rings (SSSR count). The Hall–Kier alpha value is -2.38. The van der Waals surface area contributed by atoms with Crippen LogP contribution in [0.1, 0.15) is 19.8 Å². The fraction of sp³-hybridized carbons (Fsp3) is 0.500. The highest BCUT2D eigenvalue weighted by molar-refractivity contribution is 5.80. The van der Waals surface area contributed by atoms with Gasteiger partial charge in [-0.25, -0.2) is 9.97 Å². The lowest BCUT2D eigenvalue weighted by molar-refractivity contribution is -0.121. The number of imidazole rings is 1. The molecule has 1 amide bonds. The minimum atomic E-state index is -0.0193. The number of fused-ring (bicyclic) bond motifs is 1. The van der Waals surface area contributed by atoms with Gasteiger partial charge in [-0.3, -0.25) is 9.36 Å². The zero-order chi connectivity index (χ0) is 14.5. The molecule has 0 aliphatic heterocycles. The van der Waals surface area contributed by atoms with Crippen LogP contribution in [0.15, 0.2) is 6.33 Å². The lowest BCUT2D eigenvalue weighted by Gasteiger charge is -2.06. The maximum atomic E-state index is 11.6. The van der Waals surface area contributed by atoms with Crippen molar-refractivity contribution in [3.63, 3.8) is 0 Å². The van der Waals surface area contributed by atoms with Crippen LogP contribution >= 0.6 is 0 Å². The predicted molar refractivity (Wildman–Crippen MR) is 74.2 cm³/mol. The molecule has 0 aliphatic carbocycles. The van der Waals surface area contributed by atoms with E-state index in [-0.39, 0.29) is 5.91 Å². The second-order valence-corrected chi connectivity index (χ2v) is 4.28. The number of nitrogens with two attached hydrogens (primary N) is 1. The number of hydrogen-bond donors (Lipinski definition) is 2. The summed E-state index contributed by atoms with van der Waals surface area (Å²) in [6, 6.07) is 0. The first-order chi connectivity index (χ1) is 9.67. The number of methoxy groups -OCH3 is 1. The van der Waals surface area contributed by atoms with E-state index in [2.05, 4.69) is 20.3 Å². The Morgan fingerprint density at radius 2 is 2.30 bits per heavy atom. The summed E-state index contributed by atoms with van der Waals surface area (Å²) < 4.78 is 6.80. The standard InChI is InChI=1S/C12H18N6O2/c1-3-5-14-8(19)4-6-18-10-9(17-12(18)13)11(20-2)16-7-15-10/h7H,3-6H2,1-2H3,(H2,13,17)(H,14,19). The van der Waals surface area contributed by atoms with Crippen LogP contribution in [0.4, 0.5) is 5.95 Å². The second-order valence-electron chi connectivity index (χ2n) is 4.28. The van der Waals surface area contributed by atoms with Crippen molar-refractivity contribution in [1.82, 2.24) is 24.8 Å². The van der Waals surface area contributed by atoms with Gasteiger partial charge in [-0.1, -0.05) is 6.92 Å². The van der Waals surface area contributed by atoms with Gasteiger partial charge in [0, 0.05) is 19.5 Å². The van der Waals surface area contributed by atoms with Gasteiger partial charge in [0.15, 0.2) is 11.2 Å². The number of nitrogens with zero attached hydrogens (tertiary/aromatic N) is 4. The van der Waals surface area contributed by atoms with Crippen LogP contribution in [0.25, 0.3) is 11.2 Å². The molecule has 0 atom stereocenters. The van der Waals surface area contributed by atoms with Crippen molar-refractivity contribution >= 4 is 23.0 Å². The van der Waals surface area contributed by atoms with Crippen molar-refractivity contribution in [3.05, 3.63) is 6.33 Å². The minimum absolute atomic E-state index is 0.0193. The summed E-state index contributed by atoms with van der Waals surface area (Å²) in [5, 5.41) is 2.81. The van der Waals surface area contributed by atoms with Crippen molar-refractivity contribution in [2.45, 2.75) is 26.3 Å². The molecule has 0 spiro atoms. The van der Waals surface area contributed by atoms with Crippen LogP contribution in [-0.2, 0) is 11.3 Å². The van der Waals surface area contributed by atoms with Crippen molar-refractivity contribution in [2.75, 3.05) is 19.4 Å². The second kappa shape index (κ2) is 6.18. The SMILES string of the molecule is CCCNC(=O)CCn1c(N)nc2c(OC)ncnc21. The van der Waals surface area contributed by atoms with Gasteiger partial charge in [0.2, 0.25) is 17.7 Å². The Morgan fingerprint density at radius 1 is 1.50 bits per heavy atom. The molecule has 0 unspecified atom stereocenters. The van der Waals surface area contributed by atoms with E-state index in [0.717, 1.165) is 6.42 Å². The summed E-state index contributed by atoms with van der Waals surface area (Å²) in [5.41, 5.74) is 6.93. The normalized spacial score (nSPS) is 10.7. The molecule has 0 aromatic carbocycles. The molecular weight excluding hydrogens is 260 g/mol. The van der Waals surface area contributed by atoms with Crippen LogP contribution in [0.2, 0.25) is 0 Å². The smallest absolute Gasteiger partial charge is 0.245 e. The number of amides is 1. The van der Waals surface area contributed by atoms with Crippen LogP contribution in [0.3, 0.4) is 0 Å². The lowest BCUT2D eigenvalue weighted by atomic mass is 10.3. The molecule has 0 saturated heterocycles. The minimum Gasteiger partial charge on any atom is -0.479 e. The number of hydrogen-bond acceptors (Lipinski definition) is 6. The van der Waals surface area contributed by atoms with Crippen molar-refractivity contribution in [1.29, 1.82) is 0 Å². The first-order valence-electron chi connectivity index (χ1n) is 6.44. The van der Waals surface area contributed by atoms with E-state index in [1.165, 1.54) is 13.4 Å². The fourth-order valence-corrected chi connectivity index (χ4v) is 1.87. The van der Waals surface area contributed by atoms with Crippen LogP contribution < -0.4 is 15.8 Å². The quantitative estimate of drug-likeness (QED) is 0.788. The lowest BCUT2D eigenvalue weighted by Crippen LogP contribution is -2.25. The zero-order valence-electron chi connectivity index (χ0n) is 11.6. The Kier molecular flexibility index (Phi) is 4.34. The number of carbonyl (C=O) groups is 1. The highest BCUT2D eigenvalue weighted by Gasteiger charge is 2.15. The number of nitrogens with one attached hydrogen (secondary N) is 1. The van der Waals surface area contributed by atoms with Crippen LogP contribution in [0.5, 0.6) is 5.88 Å². The topological polar surface area (TPSA) is 108 Å². The van der Waals surface area contributed by atoms with Crippen molar-refractivity contribution < 1.29 is 9.53 Å². The monoisotopic (exact) mass is 278 g/mol. The van der Waals surface area contributed by atoms with E-state index in [4.69, 9.17) is 10.5 Å². The summed E-state index contributed by atoms with van der Waals surface area (Å²) in [5.74, 6) is 0.645. The molecule has 0 saturated carbocycles. The molecule has 2 aromatic rings. The highest BCUT2D eigenvalue weighted by Crippen LogP contribution is 2.22. The first kappa shape index (κ1) is 14.0. The number of carbonyl (C=O) groups excluding carboxylic acids is 1. The third-order valence-corrected chi connectivity index (χ3v) is 2.86. The van der Waals surface area contributed by atoms with Gasteiger partial charge in [0.1, 0.15) is 6.33 Å². The Morgan fingerprint density at radius 3 is 3.00 bits per heavy atom. The molecule has 20 heavy (non-hydrogen) atoms. The van der Waals surface area contributed by atoms with Gasteiger partial charge in [0.25, 0.3) is 0 Å². The average Bonchev–Trinajstić information content (AvgIpc) is 2.78. The third kappa shape index (κ3) is 2.79. The molecule has 108 valence electrons. The van der Waals surface area contributed by atoms with E-state index in [0.29, 0.717) is 42.5 Å². The molecule has 0 fully saturated rings. The van der Waals surface area contributed by atoms with Gasteiger partial charge in [-0.2, -0.15) is 4.98 Å². The number of rotatable bonds is 6. The van der Waals surface area contributed by atoms with E-state index >= 15 is 0 Å². The van der Waals surface area contributed by atoms with E-state index < -0.39 is 0 Å². The number of nitrogen functional groups attached to an aromatic ring is 1. The van der Waals surface area contributed by atoms with E-state index in [9.17, 15) is 4.79 Å².